The van der Waals surface area contributed by atoms with E-state index < -0.39 is 8.32 Å². The van der Waals surface area contributed by atoms with E-state index in [1.165, 1.54) is 5.06 Å². The summed E-state index contributed by atoms with van der Waals surface area (Å²) in [7, 11) is 1.45. The molecule has 0 heterocycles. The van der Waals surface area contributed by atoms with Crippen molar-refractivity contribution in [1.29, 1.82) is 0 Å². The van der Waals surface area contributed by atoms with E-state index in [1.54, 1.807) is 14.2 Å². The van der Waals surface area contributed by atoms with Gasteiger partial charge in [0, 0.05) is 13.7 Å². The maximum atomic E-state index is 12.8. The van der Waals surface area contributed by atoms with Crippen molar-refractivity contribution in [2.24, 2.45) is 23.7 Å². The van der Waals surface area contributed by atoms with Crippen molar-refractivity contribution in [3.05, 3.63) is 12.2 Å². The number of rotatable bonds is 9. The summed E-state index contributed by atoms with van der Waals surface area (Å²) in [6.45, 7) is 14.7. The van der Waals surface area contributed by atoms with Crippen molar-refractivity contribution in [2.75, 3.05) is 20.8 Å². The minimum Gasteiger partial charge on any atom is -0.416 e. The first-order valence-corrected chi connectivity index (χ1v) is 12.4. The van der Waals surface area contributed by atoms with Gasteiger partial charge in [-0.05, 0) is 47.2 Å². The summed E-state index contributed by atoms with van der Waals surface area (Å²) in [4.78, 5) is 18.0. The first kappa shape index (κ1) is 21.6. The summed E-state index contributed by atoms with van der Waals surface area (Å²) < 4.78 is 6.76. The molecule has 2 aliphatic rings. The molecule has 0 spiro atoms. The van der Waals surface area contributed by atoms with Crippen molar-refractivity contribution in [2.45, 2.75) is 71.0 Å². The van der Waals surface area contributed by atoms with Gasteiger partial charge in [0.15, 0.2) is 8.32 Å². The summed E-state index contributed by atoms with van der Waals surface area (Å²) in [5.74, 6) is 1.45. The van der Waals surface area contributed by atoms with E-state index in [0.717, 1.165) is 19.4 Å². The fourth-order valence-electron chi connectivity index (χ4n) is 5.86. The molecule has 4 nitrogen and oxygen atoms in total. The zero-order valence-corrected chi connectivity index (χ0v) is 19.0. The van der Waals surface area contributed by atoms with Crippen molar-refractivity contribution in [1.82, 2.24) is 5.06 Å². The Labute approximate surface area is 161 Å². The summed E-state index contributed by atoms with van der Waals surface area (Å²) in [6, 6.07) is 0. The largest absolute Gasteiger partial charge is 0.416 e. The molecule has 0 aromatic carbocycles. The molecule has 0 aliphatic heterocycles. The molecule has 150 valence electrons. The number of nitrogens with zero attached hydrogens (tertiary/aromatic N) is 1. The average Bonchev–Trinajstić information content (AvgIpc) is 3.17. The molecular formula is C21H39NO3Si. The Morgan fingerprint density at radius 1 is 1.08 bits per heavy atom. The molecule has 1 saturated carbocycles. The Hall–Kier alpha value is -0.653. The van der Waals surface area contributed by atoms with Crippen LogP contribution in [0.15, 0.2) is 12.2 Å². The van der Waals surface area contributed by atoms with E-state index in [9.17, 15) is 4.79 Å². The molecule has 0 N–H and O–H groups in total. The van der Waals surface area contributed by atoms with Gasteiger partial charge >= 0.3 is 0 Å². The Bertz CT molecular complexity index is 496. The van der Waals surface area contributed by atoms with Crippen LogP contribution in [0.25, 0.3) is 0 Å². The summed E-state index contributed by atoms with van der Waals surface area (Å²) >= 11 is 0. The van der Waals surface area contributed by atoms with Gasteiger partial charge in [0.05, 0.1) is 13.0 Å². The lowest BCUT2D eigenvalue weighted by atomic mass is 9.80. The van der Waals surface area contributed by atoms with Crippen molar-refractivity contribution in [3.63, 3.8) is 0 Å². The standard InChI is InChI=1S/C21H39NO3Si/c1-14(2)26(15(3)4,16(5)6)25-12-11-19-17-9-10-18(13-17)20(19)21(23)22(7)24-8/h9-10,14-20H,11-13H2,1-8H3/t17-,18+,19+,20+/m1/s1. The molecule has 2 aliphatic carbocycles. The highest BCUT2D eigenvalue weighted by Gasteiger charge is 2.50. The highest BCUT2D eigenvalue weighted by Crippen LogP contribution is 2.50. The number of hydrogen-bond acceptors (Lipinski definition) is 3. The van der Waals surface area contributed by atoms with Gasteiger partial charge in [-0.2, -0.15) is 0 Å². The second-order valence-corrected chi connectivity index (χ2v) is 14.6. The van der Waals surface area contributed by atoms with E-state index in [-0.39, 0.29) is 11.8 Å². The summed E-state index contributed by atoms with van der Waals surface area (Å²) in [6.07, 6.45) is 6.65. The van der Waals surface area contributed by atoms with Crippen LogP contribution in [0.4, 0.5) is 0 Å². The Morgan fingerprint density at radius 3 is 2.12 bits per heavy atom. The lowest BCUT2D eigenvalue weighted by molar-refractivity contribution is -0.176. The fraction of sp³-hybridized carbons (Fsp3) is 0.857. The van der Waals surface area contributed by atoms with E-state index in [0.29, 0.717) is 34.4 Å². The number of amides is 1. The third-order valence-corrected chi connectivity index (χ3v) is 13.1. The van der Waals surface area contributed by atoms with Crippen molar-refractivity contribution < 1.29 is 14.1 Å². The smallest absolute Gasteiger partial charge is 0.249 e. The molecule has 0 unspecified atom stereocenters. The minimum atomic E-state index is -1.84. The van der Waals surface area contributed by atoms with Gasteiger partial charge < -0.3 is 4.43 Å². The normalized spacial score (nSPS) is 28.0. The van der Waals surface area contributed by atoms with Crippen LogP contribution < -0.4 is 0 Å². The third kappa shape index (κ3) is 3.81. The topological polar surface area (TPSA) is 38.8 Å². The molecule has 0 saturated heterocycles. The van der Waals surface area contributed by atoms with Crippen LogP contribution in [0.3, 0.4) is 0 Å². The average molecular weight is 382 g/mol. The van der Waals surface area contributed by atoms with Crippen LogP contribution in [0, 0.1) is 23.7 Å². The SMILES string of the molecule is CON(C)C(=O)[C@@H]1[C@@H](CCO[Si](C(C)C)(C(C)C)C(C)C)[C@@H]2C=C[C@H]1C2. The van der Waals surface area contributed by atoms with Gasteiger partial charge in [-0.3, -0.25) is 9.63 Å². The zero-order valence-electron chi connectivity index (χ0n) is 18.0. The molecule has 0 aromatic heterocycles. The van der Waals surface area contributed by atoms with Gasteiger partial charge in [-0.25, -0.2) is 5.06 Å². The number of hydrogen-bond donors (Lipinski definition) is 0. The predicted molar refractivity (Wildman–Crippen MR) is 109 cm³/mol. The highest BCUT2D eigenvalue weighted by molar-refractivity contribution is 6.77. The van der Waals surface area contributed by atoms with Gasteiger partial charge in [-0.1, -0.05) is 53.7 Å². The second kappa shape index (κ2) is 8.57. The number of carbonyl (C=O) groups is 1. The highest BCUT2D eigenvalue weighted by atomic mass is 28.4. The van der Waals surface area contributed by atoms with Crippen LogP contribution in [0.1, 0.15) is 54.4 Å². The van der Waals surface area contributed by atoms with Crippen LogP contribution in [-0.2, 0) is 14.1 Å². The van der Waals surface area contributed by atoms with Crippen LogP contribution in [0.5, 0.6) is 0 Å². The molecule has 26 heavy (non-hydrogen) atoms. The van der Waals surface area contributed by atoms with E-state index >= 15 is 0 Å². The third-order valence-electron chi connectivity index (χ3n) is 7.00. The molecule has 1 amide bonds. The fourth-order valence-corrected chi connectivity index (χ4v) is 11.3. The Kier molecular flexibility index (Phi) is 7.14. The molecule has 2 bridgehead atoms. The van der Waals surface area contributed by atoms with Gasteiger partial charge in [-0.15, -0.1) is 0 Å². The molecule has 2 rings (SSSR count). The number of hydroxylamine groups is 2. The van der Waals surface area contributed by atoms with E-state index in [2.05, 4.69) is 53.7 Å². The zero-order chi connectivity index (χ0) is 19.6. The Balaban J connectivity index is 2.07. The molecule has 0 radical (unpaired) electrons. The molecule has 0 aromatic rings. The van der Waals surface area contributed by atoms with Crippen molar-refractivity contribution in [3.8, 4) is 0 Å². The molecular weight excluding hydrogens is 342 g/mol. The first-order valence-electron chi connectivity index (χ1n) is 10.3. The monoisotopic (exact) mass is 381 g/mol. The number of fused-ring (bicyclic) bond motifs is 2. The van der Waals surface area contributed by atoms with Gasteiger partial charge in [0.1, 0.15) is 0 Å². The van der Waals surface area contributed by atoms with Gasteiger partial charge in [0.25, 0.3) is 0 Å². The van der Waals surface area contributed by atoms with Crippen LogP contribution >= 0.6 is 0 Å². The molecule has 4 atom stereocenters. The van der Waals surface area contributed by atoms with E-state index in [4.69, 9.17) is 9.26 Å². The second-order valence-electron chi connectivity index (χ2n) is 9.11. The van der Waals surface area contributed by atoms with Crippen LogP contribution in [0.2, 0.25) is 16.6 Å². The summed E-state index contributed by atoms with van der Waals surface area (Å²) in [5.41, 5.74) is 1.79. The predicted octanol–water partition coefficient (Wildman–Crippen LogP) is 5.03. The lowest BCUT2D eigenvalue weighted by Crippen LogP contribution is -2.48. The lowest BCUT2D eigenvalue weighted by Gasteiger charge is -2.42. The maximum Gasteiger partial charge on any atom is 0.249 e. The summed E-state index contributed by atoms with van der Waals surface area (Å²) in [5, 5.41) is 1.41. The van der Waals surface area contributed by atoms with E-state index in [1.807, 2.05) is 0 Å². The molecule has 5 heteroatoms. The first-order chi connectivity index (χ1) is 12.2. The Morgan fingerprint density at radius 2 is 1.62 bits per heavy atom. The minimum absolute atomic E-state index is 0.0479. The quantitative estimate of drug-likeness (QED) is 0.319. The van der Waals surface area contributed by atoms with Gasteiger partial charge in [0.2, 0.25) is 5.91 Å². The molecule has 1 fully saturated rings. The number of carbonyl (C=O) groups excluding carboxylic acids is 1. The van der Waals surface area contributed by atoms with Crippen molar-refractivity contribution >= 4 is 14.2 Å². The number of allylic oxidation sites excluding steroid dienone is 2. The van der Waals surface area contributed by atoms with Crippen LogP contribution in [-0.4, -0.2) is 40.1 Å². The maximum absolute atomic E-state index is 12.8.